The first-order chi connectivity index (χ1) is 29.5. The number of amides is 2. The molecular formula is C37H39N9O13P2+2. The molecule has 2 aliphatic heterocycles. The average Bonchev–Trinajstić information content (AvgIpc) is 3.93. The van der Waals surface area contributed by atoms with Crippen LogP contribution in [0.1, 0.15) is 40.6 Å². The van der Waals surface area contributed by atoms with E-state index in [4.69, 9.17) is 38.0 Å². The highest BCUT2D eigenvalue weighted by molar-refractivity contribution is 7.33. The van der Waals surface area contributed by atoms with E-state index in [1.165, 1.54) is 41.4 Å². The largest absolute Gasteiger partial charge is 0.697 e. The summed E-state index contributed by atoms with van der Waals surface area (Å²) in [7, 11) is -4.11. The summed E-state index contributed by atoms with van der Waals surface area (Å²) < 4.78 is 67.6. The lowest BCUT2D eigenvalue weighted by Crippen LogP contribution is -2.34. The first-order valence-electron chi connectivity index (χ1n) is 18.9. The molecule has 5 aromatic rings. The maximum Gasteiger partial charge on any atom is 0.697 e. The molecule has 24 heteroatoms. The molecule has 5 N–H and O–H groups in total. The number of nitrogen functional groups attached to an aromatic ring is 1. The molecule has 61 heavy (non-hydrogen) atoms. The molecule has 8 rings (SSSR count). The Hall–Kier alpha value is -5.83. The molecule has 5 heterocycles. The SMILES string of the molecule is CN(Cc1ccccc1C(=O)Nc1nc2c(ncn2[C@@H]2O[C@@H]3CO[P+](=O)O[C@H]4C[C@H](Oc5ccncn5)C[C@@H]4CO[P+](=O)O[C@@H]2[C@@H]3O)c(=O)[nH]1)C(=O)OCc1ccc(N)cc1. The van der Waals surface area contributed by atoms with Gasteiger partial charge in [-0.25, -0.2) is 19.7 Å². The molecule has 2 saturated heterocycles. The summed E-state index contributed by atoms with van der Waals surface area (Å²) in [6.45, 7) is -0.561. The summed E-state index contributed by atoms with van der Waals surface area (Å²) >= 11 is 0. The lowest BCUT2D eigenvalue weighted by atomic mass is 10.1. The van der Waals surface area contributed by atoms with Crippen LogP contribution in [0.2, 0.25) is 0 Å². The molecule has 9 atom stereocenters. The van der Waals surface area contributed by atoms with E-state index in [0.717, 1.165) is 5.56 Å². The summed E-state index contributed by atoms with van der Waals surface area (Å²) in [5, 5.41) is 13.9. The Kier molecular flexibility index (Phi) is 12.7. The highest BCUT2D eigenvalue weighted by Gasteiger charge is 2.54. The van der Waals surface area contributed by atoms with Gasteiger partial charge < -0.3 is 30.0 Å². The lowest BCUT2D eigenvalue weighted by molar-refractivity contribution is -0.0481. The molecule has 1 aliphatic carbocycles. The number of anilines is 2. The van der Waals surface area contributed by atoms with E-state index in [2.05, 4.69) is 30.2 Å². The van der Waals surface area contributed by atoms with Gasteiger partial charge in [-0.3, -0.25) is 24.5 Å². The minimum Gasteiger partial charge on any atom is -0.474 e. The van der Waals surface area contributed by atoms with Gasteiger partial charge in [0.1, 0.15) is 50.6 Å². The van der Waals surface area contributed by atoms with Crippen molar-refractivity contribution in [2.24, 2.45) is 5.92 Å². The third kappa shape index (κ3) is 9.72. The number of hydrogen-bond donors (Lipinski definition) is 4. The van der Waals surface area contributed by atoms with Crippen LogP contribution in [-0.2, 0) is 49.9 Å². The van der Waals surface area contributed by atoms with Gasteiger partial charge in [0.25, 0.3) is 11.5 Å². The highest BCUT2D eigenvalue weighted by atomic mass is 31.1. The Balaban J connectivity index is 0.965. The molecule has 3 fully saturated rings. The fourth-order valence-corrected chi connectivity index (χ4v) is 8.74. The number of rotatable bonds is 9. The van der Waals surface area contributed by atoms with Gasteiger partial charge in [-0.15, -0.1) is 18.1 Å². The van der Waals surface area contributed by atoms with Gasteiger partial charge in [0, 0.05) is 58.6 Å². The van der Waals surface area contributed by atoms with Gasteiger partial charge in [-0.1, -0.05) is 30.3 Å². The van der Waals surface area contributed by atoms with Crippen LogP contribution in [0.25, 0.3) is 11.2 Å². The maximum absolute atomic E-state index is 13.7. The van der Waals surface area contributed by atoms with Crippen LogP contribution in [0, 0.1) is 5.92 Å². The number of aromatic nitrogens is 6. The molecule has 2 unspecified atom stereocenters. The molecule has 0 spiro atoms. The van der Waals surface area contributed by atoms with E-state index in [1.54, 1.807) is 48.5 Å². The van der Waals surface area contributed by atoms with Gasteiger partial charge in [0.2, 0.25) is 11.8 Å². The quantitative estimate of drug-likeness (QED) is 0.121. The Labute approximate surface area is 347 Å². The van der Waals surface area contributed by atoms with Crippen molar-refractivity contribution in [3.8, 4) is 5.88 Å². The second-order valence-corrected chi connectivity index (χ2v) is 16.2. The van der Waals surface area contributed by atoms with Crippen LogP contribution in [0.4, 0.5) is 16.4 Å². The summed E-state index contributed by atoms with van der Waals surface area (Å²) in [5.74, 6) is -1.02. The number of H-pyrrole nitrogens is 1. The van der Waals surface area contributed by atoms with E-state index in [9.17, 15) is 28.6 Å². The first kappa shape index (κ1) is 41.9. The number of carbonyl (C=O) groups is 2. The number of ether oxygens (including phenoxy) is 3. The number of aliphatic hydroxyl groups excluding tert-OH is 1. The zero-order valence-corrected chi connectivity index (χ0v) is 34.0. The summed E-state index contributed by atoms with van der Waals surface area (Å²) in [6.07, 6.45) is -2.34. The predicted molar refractivity (Wildman–Crippen MR) is 211 cm³/mol. The van der Waals surface area contributed by atoms with Crippen LogP contribution in [0.5, 0.6) is 5.88 Å². The Morgan fingerprint density at radius 3 is 2.62 bits per heavy atom. The first-order valence-corrected chi connectivity index (χ1v) is 21.1. The topological polar surface area (TPSA) is 284 Å². The average molecular weight is 880 g/mol. The number of aliphatic hydroxyl groups is 1. The van der Waals surface area contributed by atoms with Crippen molar-refractivity contribution >= 4 is 51.3 Å². The molecule has 3 aromatic heterocycles. The minimum absolute atomic E-state index is 0.000117. The fourth-order valence-electron chi connectivity index (χ4n) is 7.13. The van der Waals surface area contributed by atoms with E-state index in [-0.39, 0.29) is 42.4 Å². The maximum atomic E-state index is 13.7. The molecule has 2 aromatic carbocycles. The summed E-state index contributed by atoms with van der Waals surface area (Å²) in [5.41, 5.74) is 6.70. The van der Waals surface area contributed by atoms with Crippen LogP contribution in [0.3, 0.4) is 0 Å². The second kappa shape index (κ2) is 18.4. The Morgan fingerprint density at radius 2 is 1.82 bits per heavy atom. The van der Waals surface area contributed by atoms with Crippen molar-refractivity contribution in [2.75, 3.05) is 31.3 Å². The monoisotopic (exact) mass is 879 g/mol. The molecule has 0 radical (unpaired) electrons. The predicted octanol–water partition coefficient (Wildman–Crippen LogP) is 3.76. The minimum atomic E-state index is -2.90. The van der Waals surface area contributed by atoms with Gasteiger partial charge in [0.15, 0.2) is 23.5 Å². The molecule has 3 aliphatic rings. The van der Waals surface area contributed by atoms with Crippen molar-refractivity contribution in [1.29, 1.82) is 0 Å². The van der Waals surface area contributed by atoms with Crippen molar-refractivity contribution in [2.45, 2.75) is 62.7 Å². The van der Waals surface area contributed by atoms with Crippen LogP contribution >= 0.6 is 16.5 Å². The van der Waals surface area contributed by atoms with Crippen LogP contribution in [0.15, 0.2) is 78.2 Å². The molecule has 2 bridgehead atoms. The van der Waals surface area contributed by atoms with E-state index < -0.39 is 83.3 Å². The third-order valence-corrected chi connectivity index (χ3v) is 11.7. The number of nitrogens with one attached hydrogen (secondary N) is 2. The standard InChI is InChI=1S/C37H37N9O13P2/c1-45(37(50)53-15-20-6-8-23(38)9-7-20)14-21-4-2-3-5-25(21)33(48)43-36-42-32-29(34(49)44-36)41-19-46(32)35-31-30(47)27(57-35)17-55-60(51)58-26-13-24(56-28-10-11-39-18-40-28)12-22(26)16-54-61(52)59-31/h2-11,18-19,22,24,26-27,30-31,35,47H,12-17,38H2,1H3/p+2/t22-,24-,26+,27-,30-,31-,35-/m1/s1. The van der Waals surface area contributed by atoms with E-state index in [0.29, 0.717) is 30.0 Å². The third-order valence-electron chi connectivity index (χ3n) is 10.2. The summed E-state index contributed by atoms with van der Waals surface area (Å²) in [4.78, 5) is 60.1. The van der Waals surface area contributed by atoms with Crippen molar-refractivity contribution < 1.29 is 56.1 Å². The number of imidazole rings is 1. The number of nitrogens with zero attached hydrogens (tertiary/aromatic N) is 6. The van der Waals surface area contributed by atoms with Crippen LogP contribution in [-0.4, -0.2) is 102 Å². The highest BCUT2D eigenvalue weighted by Crippen LogP contribution is 2.44. The van der Waals surface area contributed by atoms with Gasteiger partial charge >= 0.3 is 22.6 Å². The van der Waals surface area contributed by atoms with Crippen molar-refractivity contribution in [1.82, 2.24) is 34.4 Å². The molecule has 22 nitrogen and oxygen atoms in total. The zero-order chi connectivity index (χ0) is 42.6. The molecule has 1 saturated carbocycles. The van der Waals surface area contributed by atoms with Gasteiger partial charge in [0.05, 0.1) is 6.33 Å². The number of benzene rings is 2. The number of fused-ring (bicyclic) bond motifs is 4. The van der Waals surface area contributed by atoms with Crippen LogP contribution < -0.4 is 21.3 Å². The number of nitrogens with two attached hydrogens (primary N) is 1. The number of carbonyl (C=O) groups excluding carboxylic acids is 2. The van der Waals surface area contributed by atoms with Gasteiger partial charge in [-0.05, 0) is 35.7 Å². The van der Waals surface area contributed by atoms with Crippen molar-refractivity contribution in [3.05, 3.63) is 100 Å². The zero-order valence-electron chi connectivity index (χ0n) is 32.2. The van der Waals surface area contributed by atoms with Gasteiger partial charge in [-0.2, -0.15) is 4.98 Å². The molecule has 2 amide bonds. The van der Waals surface area contributed by atoms with E-state index >= 15 is 0 Å². The number of aromatic amines is 1. The fraction of sp³-hybridized carbons (Fsp3) is 0.378. The number of hydrogen-bond acceptors (Lipinski definition) is 18. The second-order valence-electron chi connectivity index (χ2n) is 14.3. The van der Waals surface area contributed by atoms with Crippen molar-refractivity contribution in [3.63, 3.8) is 0 Å². The Morgan fingerprint density at radius 1 is 1.03 bits per heavy atom. The van der Waals surface area contributed by atoms with E-state index in [1.807, 2.05) is 0 Å². The Bertz CT molecular complexity index is 2480. The molecule has 318 valence electrons. The normalized spacial score (nSPS) is 25.4. The smallest absolute Gasteiger partial charge is 0.474 e. The molecular weight excluding hydrogens is 840 g/mol. The lowest BCUT2D eigenvalue weighted by Gasteiger charge is -2.19. The summed E-state index contributed by atoms with van der Waals surface area (Å²) in [6, 6.07) is 15.0.